The smallest absolute Gasteiger partial charge is 0.337 e. The fourth-order valence-corrected chi connectivity index (χ4v) is 4.78. The van der Waals surface area contributed by atoms with Crippen molar-refractivity contribution in [3.05, 3.63) is 59.2 Å². The molecule has 2 aromatic carbocycles. The Morgan fingerprint density at radius 1 is 0.969 bits per heavy atom. The first-order valence-corrected chi connectivity index (χ1v) is 10.9. The lowest BCUT2D eigenvalue weighted by molar-refractivity contribution is -0.0234. The van der Waals surface area contributed by atoms with Crippen LogP contribution in [0, 0.1) is 18.8 Å². The van der Waals surface area contributed by atoms with Crippen LogP contribution in [0.5, 0.6) is 11.5 Å². The molecule has 0 radical (unpaired) electrons. The van der Waals surface area contributed by atoms with Gasteiger partial charge in [-0.1, -0.05) is 0 Å². The fourth-order valence-electron chi connectivity index (χ4n) is 4.78. The van der Waals surface area contributed by atoms with Gasteiger partial charge in [0.05, 0.1) is 25.9 Å². The highest BCUT2D eigenvalue weighted by molar-refractivity contribution is 5.96. The molecule has 4 rings (SSSR count). The normalized spacial score (nSPS) is 24.6. The van der Waals surface area contributed by atoms with Crippen LogP contribution in [0.25, 0.3) is 0 Å². The number of carbonyl (C=O) groups excluding carboxylic acids is 2. The molecule has 2 aliphatic rings. The maximum Gasteiger partial charge on any atom is 0.337 e. The third-order valence-electron chi connectivity index (χ3n) is 6.59. The van der Waals surface area contributed by atoms with Crippen LogP contribution in [-0.2, 0) is 4.74 Å². The zero-order chi connectivity index (χ0) is 22.8. The van der Waals surface area contributed by atoms with Gasteiger partial charge in [-0.15, -0.1) is 0 Å². The maximum absolute atomic E-state index is 13.0. The maximum atomic E-state index is 13.0. The van der Waals surface area contributed by atoms with E-state index in [4.69, 9.17) is 14.2 Å². The largest absolute Gasteiger partial charge is 0.497 e. The number of methoxy groups -OCH3 is 2. The molecule has 1 aliphatic heterocycles. The molecular weight excluding hydrogens is 410 g/mol. The van der Waals surface area contributed by atoms with Gasteiger partial charge in [-0.05, 0) is 79.6 Å². The molecule has 1 N–H and O–H groups in total. The summed E-state index contributed by atoms with van der Waals surface area (Å²) in [5.41, 5.74) is 1.91. The van der Waals surface area contributed by atoms with Gasteiger partial charge in [0.1, 0.15) is 17.6 Å². The quantitative estimate of drug-likeness (QED) is 0.721. The molecule has 1 aliphatic carbocycles. The van der Waals surface area contributed by atoms with Crippen molar-refractivity contribution in [2.24, 2.45) is 11.8 Å². The molecule has 32 heavy (non-hydrogen) atoms. The predicted octanol–water partition coefficient (Wildman–Crippen LogP) is 3.08. The molecule has 0 spiro atoms. The van der Waals surface area contributed by atoms with E-state index < -0.39 is 12.1 Å². The van der Waals surface area contributed by atoms with E-state index in [1.807, 2.05) is 30.0 Å². The molecule has 4 atom stereocenters. The number of likely N-dealkylation sites (tertiary alicyclic amines) is 1. The second-order valence-electron chi connectivity index (χ2n) is 8.63. The summed E-state index contributed by atoms with van der Waals surface area (Å²) in [5.74, 6) is 1.55. The van der Waals surface area contributed by atoms with Gasteiger partial charge in [-0.3, -0.25) is 4.79 Å². The highest BCUT2D eigenvalue weighted by Gasteiger charge is 2.44. The summed E-state index contributed by atoms with van der Waals surface area (Å²) >= 11 is 0. The van der Waals surface area contributed by atoms with E-state index in [1.54, 1.807) is 31.4 Å². The van der Waals surface area contributed by atoms with E-state index in [0.29, 0.717) is 37.1 Å². The van der Waals surface area contributed by atoms with E-state index in [1.165, 1.54) is 7.11 Å². The molecule has 7 heteroatoms. The van der Waals surface area contributed by atoms with Crippen LogP contribution in [0.2, 0.25) is 0 Å². The predicted molar refractivity (Wildman–Crippen MR) is 118 cm³/mol. The van der Waals surface area contributed by atoms with Crippen LogP contribution < -0.4 is 9.47 Å². The summed E-state index contributed by atoms with van der Waals surface area (Å²) in [6, 6.07) is 12.2. The van der Waals surface area contributed by atoms with Crippen molar-refractivity contribution < 1.29 is 28.9 Å². The number of aliphatic hydroxyl groups excluding tert-OH is 1. The number of fused-ring (bicyclic) bond motifs is 1. The van der Waals surface area contributed by atoms with Crippen LogP contribution in [0.4, 0.5) is 0 Å². The standard InChI is InChI=1S/C25H29NO6/c1-15-10-20(30-2)8-9-22(15)32-23-12-19-14-26(13-18(19)11-21(23)27)24(28)16-4-6-17(7-5-16)25(29)31-3/h4-10,18-19,21,23,27H,11-14H2,1-3H3/t18-,19+,21+,23+/m0/s1. The van der Waals surface area contributed by atoms with Gasteiger partial charge in [0.2, 0.25) is 0 Å². The van der Waals surface area contributed by atoms with Crippen molar-refractivity contribution in [1.82, 2.24) is 4.90 Å². The lowest BCUT2D eigenvalue weighted by atomic mass is 9.78. The second kappa shape index (κ2) is 9.20. The number of ether oxygens (including phenoxy) is 3. The summed E-state index contributed by atoms with van der Waals surface area (Å²) < 4.78 is 16.1. The summed E-state index contributed by atoms with van der Waals surface area (Å²) in [7, 11) is 2.95. The number of rotatable bonds is 5. The lowest BCUT2D eigenvalue weighted by Crippen LogP contribution is -2.42. The molecule has 170 valence electrons. The zero-order valence-corrected chi connectivity index (χ0v) is 18.6. The molecule has 1 heterocycles. The molecule has 1 amide bonds. The molecule has 0 bridgehead atoms. The summed E-state index contributed by atoms with van der Waals surface area (Å²) in [6.07, 6.45) is 0.419. The van der Waals surface area contributed by atoms with Gasteiger partial charge in [0.25, 0.3) is 5.91 Å². The number of nitrogens with zero attached hydrogens (tertiary/aromatic N) is 1. The van der Waals surface area contributed by atoms with Gasteiger partial charge < -0.3 is 24.2 Å². The SMILES string of the molecule is COC(=O)c1ccc(C(=O)N2C[C@H]3C[C@@H](Oc4ccc(OC)cc4C)[C@H](O)C[C@H]3C2)cc1. The van der Waals surface area contributed by atoms with Crippen LogP contribution in [0.15, 0.2) is 42.5 Å². The van der Waals surface area contributed by atoms with E-state index in [9.17, 15) is 14.7 Å². The lowest BCUT2D eigenvalue weighted by Gasteiger charge is -2.35. The number of benzene rings is 2. The summed E-state index contributed by atoms with van der Waals surface area (Å²) in [5, 5.41) is 10.7. The van der Waals surface area contributed by atoms with Crippen LogP contribution in [-0.4, -0.2) is 61.4 Å². The molecule has 1 saturated carbocycles. The molecule has 7 nitrogen and oxygen atoms in total. The Kier molecular flexibility index (Phi) is 6.37. The van der Waals surface area contributed by atoms with Gasteiger partial charge in [-0.2, -0.15) is 0 Å². The Morgan fingerprint density at radius 3 is 2.25 bits per heavy atom. The van der Waals surface area contributed by atoms with Gasteiger partial charge >= 0.3 is 5.97 Å². The topological polar surface area (TPSA) is 85.3 Å². The molecule has 1 saturated heterocycles. The highest BCUT2D eigenvalue weighted by atomic mass is 16.5. The minimum absolute atomic E-state index is 0.0613. The van der Waals surface area contributed by atoms with Crippen molar-refractivity contribution in [2.75, 3.05) is 27.3 Å². The Morgan fingerprint density at radius 2 is 1.62 bits per heavy atom. The first-order chi connectivity index (χ1) is 15.4. The zero-order valence-electron chi connectivity index (χ0n) is 18.6. The average molecular weight is 440 g/mol. The van der Waals surface area contributed by atoms with Crippen LogP contribution in [0.3, 0.4) is 0 Å². The number of carbonyl (C=O) groups is 2. The number of aliphatic hydroxyl groups is 1. The Labute approximate surface area is 187 Å². The number of hydrogen-bond donors (Lipinski definition) is 1. The third kappa shape index (κ3) is 4.43. The van der Waals surface area contributed by atoms with Crippen LogP contribution >= 0.6 is 0 Å². The molecule has 2 fully saturated rings. The third-order valence-corrected chi connectivity index (χ3v) is 6.59. The number of amides is 1. The average Bonchev–Trinajstić information content (AvgIpc) is 3.22. The Balaban J connectivity index is 1.40. The number of esters is 1. The number of aryl methyl sites for hydroxylation is 1. The van der Waals surface area contributed by atoms with Crippen molar-refractivity contribution in [3.63, 3.8) is 0 Å². The summed E-state index contributed by atoms with van der Waals surface area (Å²) in [6.45, 7) is 3.21. The second-order valence-corrected chi connectivity index (χ2v) is 8.63. The molecule has 2 aromatic rings. The van der Waals surface area contributed by atoms with Crippen LogP contribution in [0.1, 0.15) is 39.1 Å². The minimum Gasteiger partial charge on any atom is -0.497 e. The van der Waals surface area contributed by atoms with E-state index in [2.05, 4.69) is 0 Å². The molecule has 0 aromatic heterocycles. The van der Waals surface area contributed by atoms with Crippen molar-refractivity contribution in [3.8, 4) is 11.5 Å². The van der Waals surface area contributed by atoms with E-state index in [0.717, 1.165) is 17.1 Å². The van der Waals surface area contributed by atoms with Gasteiger partial charge in [-0.25, -0.2) is 4.79 Å². The molecular formula is C25H29NO6. The van der Waals surface area contributed by atoms with Crippen molar-refractivity contribution in [2.45, 2.75) is 32.0 Å². The minimum atomic E-state index is -0.577. The summed E-state index contributed by atoms with van der Waals surface area (Å²) in [4.78, 5) is 26.5. The van der Waals surface area contributed by atoms with Gasteiger partial charge in [0, 0.05) is 18.7 Å². The van der Waals surface area contributed by atoms with Crippen molar-refractivity contribution in [1.29, 1.82) is 0 Å². The first kappa shape index (κ1) is 22.1. The van der Waals surface area contributed by atoms with E-state index in [-0.39, 0.29) is 23.8 Å². The fraction of sp³-hybridized carbons (Fsp3) is 0.440. The first-order valence-electron chi connectivity index (χ1n) is 10.9. The highest BCUT2D eigenvalue weighted by Crippen LogP contribution is 2.39. The van der Waals surface area contributed by atoms with E-state index >= 15 is 0 Å². The Bertz CT molecular complexity index is 988. The monoisotopic (exact) mass is 439 g/mol. The Hall–Kier alpha value is -3.06. The molecule has 0 unspecified atom stereocenters. The number of hydrogen-bond acceptors (Lipinski definition) is 6. The van der Waals surface area contributed by atoms with Gasteiger partial charge in [0.15, 0.2) is 0 Å². The van der Waals surface area contributed by atoms with Crippen molar-refractivity contribution >= 4 is 11.9 Å².